The van der Waals surface area contributed by atoms with Gasteiger partial charge in [-0.3, -0.25) is 0 Å². The van der Waals surface area contributed by atoms with Gasteiger partial charge in [0.05, 0.1) is 12.2 Å². The average Bonchev–Trinajstić information content (AvgIpc) is 2.88. The maximum Gasteiger partial charge on any atom is 0.335 e. The molecule has 106 valence electrons. The number of carboxylic acids is 1. The number of rotatable bonds is 6. The maximum atomic E-state index is 10.8. The topological polar surface area (TPSA) is 49.8 Å². The van der Waals surface area contributed by atoms with E-state index in [1.165, 1.54) is 25.9 Å². The summed E-state index contributed by atoms with van der Waals surface area (Å²) < 4.78 is 5.57. The van der Waals surface area contributed by atoms with Gasteiger partial charge in [0.1, 0.15) is 5.75 Å². The lowest BCUT2D eigenvalue weighted by atomic mass is 10.2. The van der Waals surface area contributed by atoms with Gasteiger partial charge in [-0.05, 0) is 50.6 Å². The Balaban J connectivity index is 0.00000180. The Morgan fingerprint density at radius 3 is 2.74 bits per heavy atom. The number of likely N-dealkylation sites (tertiary alicyclic amines) is 1. The first-order valence-corrected chi connectivity index (χ1v) is 6.44. The second-order valence-corrected chi connectivity index (χ2v) is 4.58. The van der Waals surface area contributed by atoms with Crippen LogP contribution in [0.25, 0.3) is 0 Å². The van der Waals surface area contributed by atoms with E-state index < -0.39 is 5.97 Å². The predicted molar refractivity (Wildman–Crippen MR) is 76.4 cm³/mol. The lowest BCUT2D eigenvalue weighted by Crippen LogP contribution is -2.21. The van der Waals surface area contributed by atoms with Gasteiger partial charge in [-0.2, -0.15) is 0 Å². The van der Waals surface area contributed by atoms with Crippen molar-refractivity contribution in [3.8, 4) is 5.75 Å². The van der Waals surface area contributed by atoms with Gasteiger partial charge < -0.3 is 14.7 Å². The zero-order valence-electron chi connectivity index (χ0n) is 10.9. The number of hydrogen-bond acceptors (Lipinski definition) is 3. The van der Waals surface area contributed by atoms with E-state index in [-0.39, 0.29) is 18.0 Å². The summed E-state index contributed by atoms with van der Waals surface area (Å²) in [5.41, 5.74) is 0.270. The minimum Gasteiger partial charge on any atom is -0.494 e. The molecule has 0 atom stereocenters. The Bertz CT molecular complexity index is 405. The van der Waals surface area contributed by atoms with Crippen LogP contribution in [0.5, 0.6) is 5.75 Å². The Morgan fingerprint density at radius 1 is 1.32 bits per heavy atom. The largest absolute Gasteiger partial charge is 0.494 e. The number of nitrogens with zero attached hydrogens (tertiary/aromatic N) is 1. The molecular weight excluding hydrogens is 266 g/mol. The first-order chi connectivity index (χ1) is 8.75. The molecule has 1 N–H and O–H groups in total. The summed E-state index contributed by atoms with van der Waals surface area (Å²) in [6.45, 7) is 4.11. The number of halogens is 1. The number of carboxylic acid groups (broad SMARTS) is 1. The Kier molecular flexibility index (Phi) is 6.67. The third kappa shape index (κ3) is 5.09. The van der Waals surface area contributed by atoms with Crippen LogP contribution in [0.15, 0.2) is 24.3 Å². The van der Waals surface area contributed by atoms with Gasteiger partial charge in [0.2, 0.25) is 0 Å². The van der Waals surface area contributed by atoms with Crippen LogP contribution in [-0.2, 0) is 0 Å². The summed E-state index contributed by atoms with van der Waals surface area (Å²) in [7, 11) is 0. The molecular formula is C14H20ClNO3. The molecule has 0 amide bonds. The van der Waals surface area contributed by atoms with Crippen LogP contribution in [-0.4, -0.2) is 42.2 Å². The van der Waals surface area contributed by atoms with Crippen LogP contribution >= 0.6 is 12.4 Å². The SMILES string of the molecule is Cl.O=C(O)c1cccc(OCCCN2CCCC2)c1. The van der Waals surface area contributed by atoms with E-state index >= 15 is 0 Å². The van der Waals surface area contributed by atoms with Crippen LogP contribution < -0.4 is 4.74 Å². The van der Waals surface area contributed by atoms with Crippen LogP contribution in [0.2, 0.25) is 0 Å². The highest BCUT2D eigenvalue weighted by Gasteiger charge is 2.10. The fourth-order valence-electron chi connectivity index (χ4n) is 2.20. The predicted octanol–water partition coefficient (Wildman–Crippen LogP) is 2.67. The molecule has 1 aliphatic rings. The highest BCUT2D eigenvalue weighted by Crippen LogP contribution is 2.14. The number of aromatic carboxylic acids is 1. The summed E-state index contributed by atoms with van der Waals surface area (Å²) >= 11 is 0. The van der Waals surface area contributed by atoms with E-state index in [4.69, 9.17) is 9.84 Å². The minimum atomic E-state index is -0.919. The van der Waals surface area contributed by atoms with Crippen molar-refractivity contribution in [2.75, 3.05) is 26.2 Å². The fraction of sp³-hybridized carbons (Fsp3) is 0.500. The lowest BCUT2D eigenvalue weighted by Gasteiger charge is -2.14. The van der Waals surface area contributed by atoms with Gasteiger partial charge in [0, 0.05) is 6.54 Å². The standard InChI is InChI=1S/C14H19NO3.ClH/c16-14(17)12-5-3-6-13(11-12)18-10-4-9-15-7-1-2-8-15;/h3,5-6,11H,1-2,4,7-10H2,(H,16,17);1H. The van der Waals surface area contributed by atoms with Gasteiger partial charge in [0.15, 0.2) is 0 Å². The molecule has 0 spiro atoms. The highest BCUT2D eigenvalue weighted by atomic mass is 35.5. The smallest absolute Gasteiger partial charge is 0.335 e. The van der Waals surface area contributed by atoms with Crippen molar-refractivity contribution in [1.82, 2.24) is 4.90 Å². The number of carbonyl (C=O) groups is 1. The van der Waals surface area contributed by atoms with Crippen LogP contribution in [0.4, 0.5) is 0 Å². The van der Waals surface area contributed by atoms with E-state index in [0.29, 0.717) is 12.4 Å². The molecule has 2 rings (SSSR count). The van der Waals surface area contributed by atoms with Crippen LogP contribution in [0.1, 0.15) is 29.6 Å². The van der Waals surface area contributed by atoms with Crippen molar-refractivity contribution < 1.29 is 14.6 Å². The van der Waals surface area contributed by atoms with E-state index in [9.17, 15) is 4.79 Å². The number of hydrogen-bond donors (Lipinski definition) is 1. The average molecular weight is 286 g/mol. The number of ether oxygens (including phenoxy) is 1. The van der Waals surface area contributed by atoms with Crippen molar-refractivity contribution >= 4 is 18.4 Å². The monoisotopic (exact) mass is 285 g/mol. The van der Waals surface area contributed by atoms with Crippen molar-refractivity contribution in [3.05, 3.63) is 29.8 Å². The summed E-state index contributed by atoms with van der Waals surface area (Å²) in [5.74, 6) is -0.283. The molecule has 1 fully saturated rings. The van der Waals surface area contributed by atoms with Crippen molar-refractivity contribution in [2.24, 2.45) is 0 Å². The normalized spacial score (nSPS) is 14.9. The molecule has 4 nitrogen and oxygen atoms in total. The van der Waals surface area contributed by atoms with Crippen molar-refractivity contribution in [2.45, 2.75) is 19.3 Å². The molecule has 1 heterocycles. The molecule has 0 saturated carbocycles. The molecule has 0 aromatic heterocycles. The van der Waals surface area contributed by atoms with E-state index in [1.807, 2.05) is 0 Å². The second-order valence-electron chi connectivity index (χ2n) is 4.58. The fourth-order valence-corrected chi connectivity index (χ4v) is 2.20. The molecule has 0 aliphatic carbocycles. The summed E-state index contributed by atoms with van der Waals surface area (Å²) in [4.78, 5) is 13.2. The van der Waals surface area contributed by atoms with Crippen molar-refractivity contribution in [1.29, 1.82) is 0 Å². The maximum absolute atomic E-state index is 10.8. The second kappa shape index (κ2) is 8.02. The van der Waals surface area contributed by atoms with Gasteiger partial charge in [-0.25, -0.2) is 4.79 Å². The minimum absolute atomic E-state index is 0. The molecule has 1 saturated heterocycles. The molecule has 5 heteroatoms. The molecule has 1 aliphatic heterocycles. The Hall–Kier alpha value is -1.26. The molecule has 0 unspecified atom stereocenters. The third-order valence-electron chi connectivity index (χ3n) is 3.17. The summed E-state index contributed by atoms with van der Waals surface area (Å²) in [6, 6.07) is 6.64. The van der Waals surface area contributed by atoms with E-state index in [2.05, 4.69) is 4.90 Å². The lowest BCUT2D eigenvalue weighted by molar-refractivity contribution is 0.0696. The zero-order chi connectivity index (χ0) is 12.8. The quantitative estimate of drug-likeness (QED) is 0.817. The van der Waals surface area contributed by atoms with Crippen LogP contribution in [0, 0.1) is 0 Å². The first-order valence-electron chi connectivity index (χ1n) is 6.44. The molecule has 0 radical (unpaired) electrons. The van der Waals surface area contributed by atoms with Gasteiger partial charge in [-0.1, -0.05) is 6.07 Å². The molecule has 0 bridgehead atoms. The van der Waals surface area contributed by atoms with Crippen LogP contribution in [0.3, 0.4) is 0 Å². The number of benzene rings is 1. The zero-order valence-corrected chi connectivity index (χ0v) is 11.7. The summed E-state index contributed by atoms with van der Waals surface area (Å²) in [5, 5.41) is 8.86. The molecule has 1 aromatic rings. The molecule has 19 heavy (non-hydrogen) atoms. The van der Waals surface area contributed by atoms with E-state index in [0.717, 1.165) is 13.0 Å². The Morgan fingerprint density at radius 2 is 2.05 bits per heavy atom. The molecule has 1 aromatic carbocycles. The Labute approximate surface area is 119 Å². The van der Waals surface area contributed by atoms with Crippen molar-refractivity contribution in [3.63, 3.8) is 0 Å². The van der Waals surface area contributed by atoms with Gasteiger partial charge in [0.25, 0.3) is 0 Å². The third-order valence-corrected chi connectivity index (χ3v) is 3.17. The first kappa shape index (κ1) is 15.8. The van der Waals surface area contributed by atoms with Gasteiger partial charge in [-0.15, -0.1) is 12.4 Å². The van der Waals surface area contributed by atoms with Gasteiger partial charge >= 0.3 is 5.97 Å². The summed E-state index contributed by atoms with van der Waals surface area (Å²) in [6.07, 6.45) is 3.60. The van der Waals surface area contributed by atoms with E-state index in [1.54, 1.807) is 24.3 Å². The highest BCUT2D eigenvalue weighted by molar-refractivity contribution is 5.88.